The lowest BCUT2D eigenvalue weighted by Crippen LogP contribution is -2.41. The molecule has 0 rings (SSSR count). The van der Waals surface area contributed by atoms with Gasteiger partial charge in [0.1, 0.15) is 19.8 Å². The molecule has 12 heteroatoms. The number of ether oxygens (including phenoxy) is 9. The van der Waals surface area contributed by atoms with Gasteiger partial charge in [0.2, 0.25) is 0 Å². The van der Waals surface area contributed by atoms with E-state index in [9.17, 15) is 14.4 Å². The van der Waals surface area contributed by atoms with Gasteiger partial charge in [-0.15, -0.1) is 0 Å². The Morgan fingerprint density at radius 3 is 1.15 bits per heavy atom. The average Bonchev–Trinajstić information content (AvgIpc) is 2.84. The number of carbonyl (C=O) groups is 3. The Balaban J connectivity index is 4.46. The third-order valence-corrected chi connectivity index (χ3v) is 3.44. The van der Waals surface area contributed by atoms with E-state index >= 15 is 0 Å². The van der Waals surface area contributed by atoms with Gasteiger partial charge in [-0.25, -0.2) is 14.4 Å². The van der Waals surface area contributed by atoms with E-state index in [0.717, 1.165) is 18.2 Å². The molecule has 0 aromatic carbocycles. The molecule has 0 aliphatic heterocycles. The van der Waals surface area contributed by atoms with Crippen LogP contribution in [0.4, 0.5) is 0 Å². The van der Waals surface area contributed by atoms with Crippen LogP contribution in [-0.2, 0) is 57.0 Å². The second kappa shape index (κ2) is 20.0. The van der Waals surface area contributed by atoms with Crippen molar-refractivity contribution in [2.24, 2.45) is 0 Å². The Morgan fingerprint density at radius 1 is 0.606 bits per heavy atom. The molecule has 0 radical (unpaired) electrons. The maximum atomic E-state index is 11.0. The Hall–Kier alpha value is -2.61. The van der Waals surface area contributed by atoms with Gasteiger partial charge >= 0.3 is 17.9 Å². The molecular formula is C21H32O12. The zero-order valence-electron chi connectivity index (χ0n) is 18.8. The first-order valence-electron chi connectivity index (χ1n) is 9.95. The third kappa shape index (κ3) is 16.7. The van der Waals surface area contributed by atoms with Crippen LogP contribution in [0.3, 0.4) is 0 Å². The van der Waals surface area contributed by atoms with E-state index in [-0.39, 0.29) is 66.4 Å². The number of esters is 3. The van der Waals surface area contributed by atoms with Gasteiger partial charge in [-0.1, -0.05) is 26.7 Å². The van der Waals surface area contributed by atoms with Gasteiger partial charge in [-0.3, -0.25) is 0 Å². The fourth-order valence-electron chi connectivity index (χ4n) is 1.78. The first-order valence-corrected chi connectivity index (χ1v) is 9.95. The molecule has 0 saturated heterocycles. The second-order valence-electron chi connectivity index (χ2n) is 5.66. The molecule has 0 spiro atoms. The summed E-state index contributed by atoms with van der Waals surface area (Å²) in [4.78, 5) is 33.0. The summed E-state index contributed by atoms with van der Waals surface area (Å²) >= 11 is 0. The van der Waals surface area contributed by atoms with E-state index < -0.39 is 23.9 Å². The van der Waals surface area contributed by atoms with Gasteiger partial charge in [0.25, 0.3) is 5.97 Å². The van der Waals surface area contributed by atoms with Crippen LogP contribution in [0.1, 0.15) is 13.3 Å². The lowest BCUT2D eigenvalue weighted by Gasteiger charge is -2.31. The monoisotopic (exact) mass is 476 g/mol. The van der Waals surface area contributed by atoms with Crippen LogP contribution >= 0.6 is 0 Å². The maximum absolute atomic E-state index is 11.0. The highest BCUT2D eigenvalue weighted by atomic mass is 16.9. The average molecular weight is 476 g/mol. The Bertz CT molecular complexity index is 525. The van der Waals surface area contributed by atoms with Gasteiger partial charge in [-0.05, 0) is 0 Å². The molecule has 0 bridgehead atoms. The van der Waals surface area contributed by atoms with Crippen LogP contribution in [0, 0.1) is 0 Å². The van der Waals surface area contributed by atoms with Crippen LogP contribution in [0.15, 0.2) is 38.0 Å². The first kappa shape index (κ1) is 30.4. The molecule has 0 saturated carbocycles. The maximum Gasteiger partial charge on any atom is 0.330 e. The summed E-state index contributed by atoms with van der Waals surface area (Å²) in [6.45, 7) is 11.0. The van der Waals surface area contributed by atoms with Crippen molar-refractivity contribution in [1.29, 1.82) is 0 Å². The molecule has 0 aliphatic rings. The van der Waals surface area contributed by atoms with Crippen molar-refractivity contribution >= 4 is 17.9 Å². The predicted molar refractivity (Wildman–Crippen MR) is 112 cm³/mol. The zero-order valence-corrected chi connectivity index (χ0v) is 18.8. The minimum absolute atomic E-state index is 0.00807. The van der Waals surface area contributed by atoms with Crippen molar-refractivity contribution in [3.05, 3.63) is 38.0 Å². The predicted octanol–water partition coefficient (Wildman–Crippen LogP) is 1.21. The van der Waals surface area contributed by atoms with Crippen molar-refractivity contribution in [2.75, 3.05) is 60.0 Å². The fraction of sp³-hybridized carbons (Fsp3) is 0.571. The summed E-state index contributed by atoms with van der Waals surface area (Å²) in [5.41, 5.74) is 0. The van der Waals surface area contributed by atoms with Crippen molar-refractivity contribution in [2.45, 2.75) is 19.3 Å². The summed E-state index contributed by atoms with van der Waals surface area (Å²) in [5.74, 6) is -3.30. The smallest absolute Gasteiger partial charge is 0.330 e. The molecule has 0 amide bonds. The molecule has 0 unspecified atom stereocenters. The summed E-state index contributed by atoms with van der Waals surface area (Å²) in [7, 11) is 0. The molecule has 33 heavy (non-hydrogen) atoms. The third-order valence-electron chi connectivity index (χ3n) is 3.44. The van der Waals surface area contributed by atoms with E-state index in [1.165, 1.54) is 0 Å². The van der Waals surface area contributed by atoms with Gasteiger partial charge in [0.05, 0.1) is 19.8 Å². The summed E-state index contributed by atoms with van der Waals surface area (Å²) < 4.78 is 46.7. The summed E-state index contributed by atoms with van der Waals surface area (Å²) in [6.07, 6.45) is 3.33. The number of rotatable bonds is 22. The van der Waals surface area contributed by atoms with Gasteiger partial charge in [0, 0.05) is 24.6 Å². The highest BCUT2D eigenvalue weighted by Gasteiger charge is 2.32. The quantitative estimate of drug-likeness (QED) is 0.0731. The van der Waals surface area contributed by atoms with E-state index in [4.69, 9.17) is 42.6 Å². The topological polar surface area (TPSA) is 134 Å². The molecule has 0 N–H and O–H groups in total. The van der Waals surface area contributed by atoms with Crippen molar-refractivity contribution < 1.29 is 57.0 Å². The molecule has 0 aromatic rings. The molecule has 0 heterocycles. The summed E-state index contributed by atoms with van der Waals surface area (Å²) in [6, 6.07) is 0. The van der Waals surface area contributed by atoms with Crippen molar-refractivity contribution in [3.63, 3.8) is 0 Å². The lowest BCUT2D eigenvalue weighted by molar-refractivity contribution is -0.427. The molecule has 0 aliphatic carbocycles. The Labute approximate surface area is 192 Å². The van der Waals surface area contributed by atoms with E-state index in [1.54, 1.807) is 6.92 Å². The Morgan fingerprint density at radius 2 is 0.909 bits per heavy atom. The minimum atomic E-state index is -1.59. The first-order chi connectivity index (χ1) is 15.9. The van der Waals surface area contributed by atoms with Crippen LogP contribution in [0.5, 0.6) is 0 Å². The molecular weight excluding hydrogens is 444 g/mol. The second-order valence-corrected chi connectivity index (χ2v) is 5.66. The van der Waals surface area contributed by atoms with Gasteiger partial charge in [-0.2, -0.15) is 0 Å². The number of carbonyl (C=O) groups excluding carboxylic acids is 3. The van der Waals surface area contributed by atoms with Crippen LogP contribution in [-0.4, -0.2) is 83.9 Å². The zero-order chi connectivity index (χ0) is 24.8. The summed E-state index contributed by atoms with van der Waals surface area (Å²) in [5, 5.41) is 0. The SMILES string of the molecule is C=CC(=O)OCCOCOC(CC)(OCOCCOC(=O)C=C)OCOCCOC(=O)C=C. The van der Waals surface area contributed by atoms with Crippen molar-refractivity contribution in [3.8, 4) is 0 Å². The molecule has 188 valence electrons. The van der Waals surface area contributed by atoms with Gasteiger partial charge < -0.3 is 42.6 Å². The van der Waals surface area contributed by atoms with Crippen molar-refractivity contribution in [1.82, 2.24) is 0 Å². The van der Waals surface area contributed by atoms with Gasteiger partial charge in [0.15, 0.2) is 20.4 Å². The van der Waals surface area contributed by atoms with Crippen LogP contribution < -0.4 is 0 Å². The number of hydrogen-bond acceptors (Lipinski definition) is 12. The Kier molecular flexibility index (Phi) is 18.4. The molecule has 0 fully saturated rings. The number of hydrogen-bond donors (Lipinski definition) is 0. The lowest BCUT2D eigenvalue weighted by atomic mass is 10.4. The molecule has 0 aromatic heterocycles. The minimum Gasteiger partial charge on any atom is -0.460 e. The highest BCUT2D eigenvalue weighted by Crippen LogP contribution is 2.20. The van der Waals surface area contributed by atoms with Crippen LogP contribution in [0.2, 0.25) is 0 Å². The normalized spacial score (nSPS) is 10.8. The fourth-order valence-corrected chi connectivity index (χ4v) is 1.78. The molecule has 0 atom stereocenters. The highest BCUT2D eigenvalue weighted by molar-refractivity contribution is 5.81. The van der Waals surface area contributed by atoms with Crippen LogP contribution in [0.25, 0.3) is 0 Å². The largest absolute Gasteiger partial charge is 0.460 e. The van der Waals surface area contributed by atoms with E-state index in [2.05, 4.69) is 19.7 Å². The molecule has 12 nitrogen and oxygen atoms in total. The standard InChI is InChI=1S/C21H32O12/c1-5-18(22)28-12-9-25-15-31-21(8-4,32-16-26-10-13-29-19(23)6-2)33-17-27-11-14-30-20(24)7-3/h5-7H,1-3,8-17H2,4H3. The van der Waals surface area contributed by atoms with E-state index in [1.807, 2.05) is 0 Å². The van der Waals surface area contributed by atoms with E-state index in [0.29, 0.717) is 0 Å².